The van der Waals surface area contributed by atoms with Gasteiger partial charge in [-0.1, -0.05) is 30.1 Å². The first-order chi connectivity index (χ1) is 8.85. The van der Waals surface area contributed by atoms with Crippen LogP contribution in [-0.4, -0.2) is 42.5 Å². The first-order valence-electron chi connectivity index (χ1n) is 5.51. The van der Waals surface area contributed by atoms with Gasteiger partial charge in [0.25, 0.3) is 5.91 Å². The van der Waals surface area contributed by atoms with Gasteiger partial charge >= 0.3 is 5.97 Å². The second-order valence-corrected chi connectivity index (χ2v) is 4.89. The van der Waals surface area contributed by atoms with E-state index in [0.29, 0.717) is 5.56 Å². The highest BCUT2D eigenvalue weighted by Gasteiger charge is 2.20. The Morgan fingerprint density at radius 2 is 1.89 bits per heavy atom. The number of hydrogen-bond donors (Lipinski definition) is 0. The first kappa shape index (κ1) is 15.7. The van der Waals surface area contributed by atoms with Crippen LogP contribution in [0.2, 0.25) is 10.3 Å². The predicted molar refractivity (Wildman–Crippen MR) is 72.4 cm³/mol. The molecule has 0 aliphatic rings. The minimum absolute atomic E-state index is 0.144. The van der Waals surface area contributed by atoms with Crippen LogP contribution in [0.3, 0.4) is 0 Å². The third-order valence-electron chi connectivity index (χ3n) is 2.51. The van der Waals surface area contributed by atoms with Crippen LogP contribution in [0.15, 0.2) is 12.1 Å². The van der Waals surface area contributed by atoms with Gasteiger partial charge in [0, 0.05) is 19.2 Å². The molecule has 0 saturated carbocycles. The van der Waals surface area contributed by atoms with E-state index in [1.54, 1.807) is 14.0 Å². The van der Waals surface area contributed by atoms with E-state index in [0.717, 1.165) is 0 Å². The fraction of sp³-hybridized carbons (Fsp3) is 0.417. The highest BCUT2D eigenvalue weighted by molar-refractivity contribution is 6.33. The first-order valence-corrected chi connectivity index (χ1v) is 6.27. The lowest BCUT2D eigenvalue weighted by Gasteiger charge is -2.20. The summed E-state index contributed by atoms with van der Waals surface area (Å²) >= 11 is 11.5. The number of aromatic nitrogens is 1. The number of hydrogen-bond acceptors (Lipinski definition) is 4. The fourth-order valence-corrected chi connectivity index (χ4v) is 2.04. The van der Waals surface area contributed by atoms with Crippen LogP contribution in [0.25, 0.3) is 0 Å². The van der Waals surface area contributed by atoms with Gasteiger partial charge in [-0.25, -0.2) is 4.98 Å². The van der Waals surface area contributed by atoms with Crippen molar-refractivity contribution < 1.29 is 14.3 Å². The summed E-state index contributed by atoms with van der Waals surface area (Å²) in [5, 5.41) is 0.288. The summed E-state index contributed by atoms with van der Waals surface area (Å²) in [7, 11) is 2.90. The molecule has 0 saturated heterocycles. The number of halogens is 2. The van der Waals surface area contributed by atoms with Crippen LogP contribution < -0.4 is 0 Å². The lowest BCUT2D eigenvalue weighted by molar-refractivity contribution is -0.145. The summed E-state index contributed by atoms with van der Waals surface area (Å²) in [6, 6.07) is 2.85. The average molecular weight is 305 g/mol. The number of pyridine rings is 1. The Kier molecular flexibility index (Phi) is 5.57. The largest absolute Gasteiger partial charge is 0.469 e. The zero-order chi connectivity index (χ0) is 14.6. The average Bonchev–Trinajstić information content (AvgIpc) is 2.35. The highest BCUT2D eigenvalue weighted by Crippen LogP contribution is 2.16. The number of amides is 1. The molecule has 0 aromatic carbocycles. The minimum Gasteiger partial charge on any atom is -0.469 e. The molecule has 104 valence electrons. The number of esters is 1. The van der Waals surface area contributed by atoms with Crippen LogP contribution in [0.5, 0.6) is 0 Å². The van der Waals surface area contributed by atoms with Crippen molar-refractivity contribution in [2.75, 3.05) is 20.7 Å². The van der Waals surface area contributed by atoms with Gasteiger partial charge in [0.15, 0.2) is 0 Å². The van der Waals surface area contributed by atoms with Crippen molar-refractivity contribution in [1.29, 1.82) is 0 Å². The molecular formula is C12H14Cl2N2O3. The van der Waals surface area contributed by atoms with Gasteiger partial charge < -0.3 is 9.64 Å². The summed E-state index contributed by atoms with van der Waals surface area (Å²) in [5.74, 6) is -1.07. The van der Waals surface area contributed by atoms with Gasteiger partial charge in [-0.15, -0.1) is 0 Å². The van der Waals surface area contributed by atoms with Crippen LogP contribution in [0.4, 0.5) is 0 Å². The predicted octanol–water partition coefficient (Wildman–Crippen LogP) is 2.27. The lowest BCUT2D eigenvalue weighted by atomic mass is 10.1. The monoisotopic (exact) mass is 304 g/mol. The van der Waals surface area contributed by atoms with E-state index < -0.39 is 5.92 Å². The summed E-state index contributed by atoms with van der Waals surface area (Å²) in [5.41, 5.74) is 0.324. The van der Waals surface area contributed by atoms with E-state index in [2.05, 4.69) is 9.72 Å². The molecule has 0 bridgehead atoms. The van der Waals surface area contributed by atoms with Gasteiger partial charge in [0.1, 0.15) is 10.3 Å². The van der Waals surface area contributed by atoms with Crippen LogP contribution >= 0.6 is 23.2 Å². The molecule has 0 N–H and O–H groups in total. The number of carbonyl (C=O) groups is 2. The van der Waals surface area contributed by atoms with E-state index in [1.165, 1.54) is 24.1 Å². The molecule has 5 nitrogen and oxygen atoms in total. The molecule has 1 rings (SSSR count). The Bertz CT molecular complexity index is 474. The zero-order valence-corrected chi connectivity index (χ0v) is 12.3. The number of carbonyl (C=O) groups excluding carboxylic acids is 2. The van der Waals surface area contributed by atoms with Gasteiger partial charge in [-0.2, -0.15) is 0 Å². The Balaban J connectivity index is 2.79. The van der Waals surface area contributed by atoms with E-state index >= 15 is 0 Å². The molecule has 0 fully saturated rings. The Labute approximate surface area is 121 Å². The second kappa shape index (κ2) is 6.73. The van der Waals surface area contributed by atoms with E-state index in [1.807, 2.05) is 0 Å². The molecule has 0 aliphatic carbocycles. The standard InChI is InChI=1S/C12H14Cl2N2O3/c1-7(12(18)19-3)6-16(2)11(17)8-4-9(13)15-10(14)5-8/h4-5,7H,6H2,1-3H3. The lowest BCUT2D eigenvalue weighted by Crippen LogP contribution is -2.34. The topological polar surface area (TPSA) is 59.5 Å². The van der Waals surface area contributed by atoms with Gasteiger partial charge in [-0.3, -0.25) is 9.59 Å². The van der Waals surface area contributed by atoms with Crippen LogP contribution in [0.1, 0.15) is 17.3 Å². The van der Waals surface area contributed by atoms with Crippen LogP contribution in [-0.2, 0) is 9.53 Å². The molecular weight excluding hydrogens is 291 g/mol. The van der Waals surface area contributed by atoms with Crippen molar-refractivity contribution in [2.45, 2.75) is 6.92 Å². The van der Waals surface area contributed by atoms with Crippen LogP contribution in [0, 0.1) is 5.92 Å². The molecule has 0 spiro atoms. The van der Waals surface area contributed by atoms with Crippen molar-refractivity contribution in [1.82, 2.24) is 9.88 Å². The van der Waals surface area contributed by atoms with Gasteiger partial charge in [0.05, 0.1) is 13.0 Å². The molecule has 0 radical (unpaired) electrons. The maximum Gasteiger partial charge on any atom is 0.310 e. The number of methoxy groups -OCH3 is 1. The maximum absolute atomic E-state index is 12.1. The van der Waals surface area contributed by atoms with E-state index in [9.17, 15) is 9.59 Å². The second-order valence-electron chi connectivity index (χ2n) is 4.11. The highest BCUT2D eigenvalue weighted by atomic mass is 35.5. The van der Waals surface area contributed by atoms with Gasteiger partial charge in [0.2, 0.25) is 0 Å². The molecule has 1 aromatic heterocycles. The summed E-state index contributed by atoms with van der Waals surface area (Å²) < 4.78 is 4.61. The molecule has 1 amide bonds. The molecule has 1 atom stereocenters. The third kappa shape index (κ3) is 4.36. The van der Waals surface area contributed by atoms with Crippen molar-refractivity contribution >= 4 is 35.1 Å². The third-order valence-corrected chi connectivity index (χ3v) is 2.89. The number of nitrogens with zero attached hydrogens (tertiary/aromatic N) is 2. The van der Waals surface area contributed by atoms with Crippen molar-refractivity contribution in [3.05, 3.63) is 28.0 Å². The van der Waals surface area contributed by atoms with Gasteiger partial charge in [-0.05, 0) is 12.1 Å². The van der Waals surface area contributed by atoms with E-state index in [4.69, 9.17) is 23.2 Å². The summed E-state index contributed by atoms with van der Waals surface area (Å²) in [6.45, 7) is 1.92. The Hall–Kier alpha value is -1.33. The van der Waals surface area contributed by atoms with Crippen molar-refractivity contribution in [3.8, 4) is 0 Å². The number of rotatable bonds is 4. The normalized spacial score (nSPS) is 11.8. The molecule has 7 heteroatoms. The fourth-order valence-electron chi connectivity index (χ4n) is 1.58. The smallest absolute Gasteiger partial charge is 0.310 e. The molecule has 19 heavy (non-hydrogen) atoms. The molecule has 1 heterocycles. The summed E-state index contributed by atoms with van der Waals surface area (Å²) in [6.07, 6.45) is 0. The SMILES string of the molecule is COC(=O)C(C)CN(C)C(=O)c1cc(Cl)nc(Cl)c1. The minimum atomic E-state index is -0.410. The molecule has 1 unspecified atom stereocenters. The summed E-state index contributed by atoms with van der Waals surface area (Å²) in [4.78, 5) is 28.6. The Morgan fingerprint density at radius 1 is 1.37 bits per heavy atom. The maximum atomic E-state index is 12.1. The molecule has 0 aliphatic heterocycles. The van der Waals surface area contributed by atoms with Crippen molar-refractivity contribution in [2.24, 2.45) is 5.92 Å². The quantitative estimate of drug-likeness (QED) is 0.632. The number of ether oxygens (including phenoxy) is 1. The van der Waals surface area contributed by atoms with E-state index in [-0.39, 0.29) is 28.7 Å². The van der Waals surface area contributed by atoms with Crippen molar-refractivity contribution in [3.63, 3.8) is 0 Å². The zero-order valence-electron chi connectivity index (χ0n) is 10.8. The Morgan fingerprint density at radius 3 is 2.37 bits per heavy atom. The molecule has 1 aromatic rings.